The van der Waals surface area contributed by atoms with E-state index in [1.54, 1.807) is 11.8 Å². The second-order valence-corrected chi connectivity index (χ2v) is 8.09. The van der Waals surface area contributed by atoms with Gasteiger partial charge in [-0.2, -0.15) is 11.8 Å². The van der Waals surface area contributed by atoms with Crippen LogP contribution in [0.5, 0.6) is 0 Å². The van der Waals surface area contributed by atoms with E-state index in [0.717, 1.165) is 72.4 Å². The minimum Gasteiger partial charge on any atom is -0.326 e. The molecule has 0 saturated carbocycles. The highest BCUT2D eigenvalue weighted by Crippen LogP contribution is 2.40. The van der Waals surface area contributed by atoms with Gasteiger partial charge in [-0.05, 0) is 66.7 Å². The van der Waals surface area contributed by atoms with Crippen molar-refractivity contribution < 1.29 is 4.79 Å². The van der Waals surface area contributed by atoms with Crippen molar-refractivity contribution in [1.29, 1.82) is 0 Å². The van der Waals surface area contributed by atoms with Crippen LogP contribution in [0.3, 0.4) is 0 Å². The van der Waals surface area contributed by atoms with Crippen LogP contribution in [0.4, 0.5) is 0 Å². The molecule has 1 aromatic heterocycles. The van der Waals surface area contributed by atoms with E-state index in [-0.39, 0.29) is 11.5 Å². The molecule has 3 aliphatic carbocycles. The van der Waals surface area contributed by atoms with Gasteiger partial charge in [0, 0.05) is 35.5 Å². The number of pyridine rings is 1. The van der Waals surface area contributed by atoms with Crippen LogP contribution in [0.2, 0.25) is 0 Å². The normalized spacial score (nSPS) is 18.0. The third-order valence-corrected chi connectivity index (χ3v) is 6.13. The fourth-order valence-corrected chi connectivity index (χ4v) is 4.64. The lowest BCUT2D eigenvalue weighted by molar-refractivity contribution is -0.119. The Bertz CT molecular complexity index is 905. The molecule has 0 unspecified atom stereocenters. The molecule has 136 valence electrons. The highest BCUT2D eigenvalue weighted by Gasteiger charge is 2.30. The molecular formula is C21H24N2O2S. The van der Waals surface area contributed by atoms with Gasteiger partial charge in [-0.3, -0.25) is 9.59 Å². The number of nitrogens with one attached hydrogen (secondary N) is 2. The van der Waals surface area contributed by atoms with Crippen LogP contribution in [0.1, 0.15) is 48.1 Å². The summed E-state index contributed by atoms with van der Waals surface area (Å²) >= 11 is 1.68. The number of amides is 1. The Morgan fingerprint density at radius 2 is 2.00 bits per heavy atom. The van der Waals surface area contributed by atoms with E-state index in [0.29, 0.717) is 6.42 Å². The van der Waals surface area contributed by atoms with Gasteiger partial charge in [0.15, 0.2) is 0 Å². The molecule has 4 nitrogen and oxygen atoms in total. The van der Waals surface area contributed by atoms with E-state index in [4.69, 9.17) is 0 Å². The third-order valence-electron chi connectivity index (χ3n) is 5.52. The molecule has 0 radical (unpaired) electrons. The molecule has 1 heterocycles. The van der Waals surface area contributed by atoms with E-state index in [2.05, 4.69) is 16.4 Å². The third kappa shape index (κ3) is 3.09. The molecule has 0 bridgehead atoms. The number of rotatable bonds is 4. The summed E-state index contributed by atoms with van der Waals surface area (Å²) in [5.41, 5.74) is 7.83. The number of thioether (sulfide) groups is 1. The Morgan fingerprint density at radius 1 is 1.19 bits per heavy atom. The lowest BCUT2D eigenvalue weighted by atomic mass is 9.88. The molecule has 0 saturated heterocycles. The molecule has 4 rings (SSSR count). The van der Waals surface area contributed by atoms with Crippen LogP contribution in [-0.4, -0.2) is 22.9 Å². The Morgan fingerprint density at radius 3 is 2.81 bits per heavy atom. The van der Waals surface area contributed by atoms with Gasteiger partial charge >= 0.3 is 0 Å². The van der Waals surface area contributed by atoms with Crippen LogP contribution in [0, 0.1) is 0 Å². The summed E-state index contributed by atoms with van der Waals surface area (Å²) in [6, 6.07) is 0. The maximum atomic E-state index is 12.6. The molecular weight excluding hydrogens is 344 g/mol. The summed E-state index contributed by atoms with van der Waals surface area (Å²) in [5, 5.41) is 3.10. The van der Waals surface area contributed by atoms with E-state index in [9.17, 15) is 9.59 Å². The van der Waals surface area contributed by atoms with E-state index < -0.39 is 0 Å². The quantitative estimate of drug-likeness (QED) is 0.857. The van der Waals surface area contributed by atoms with Crippen LogP contribution < -0.4 is 10.9 Å². The van der Waals surface area contributed by atoms with Crippen LogP contribution in [-0.2, 0) is 24.1 Å². The highest BCUT2D eigenvalue weighted by molar-refractivity contribution is 7.98. The highest BCUT2D eigenvalue weighted by atomic mass is 32.2. The first-order valence-electron chi connectivity index (χ1n) is 9.34. The van der Waals surface area contributed by atoms with Gasteiger partial charge in [-0.15, -0.1) is 0 Å². The fourth-order valence-electron chi connectivity index (χ4n) is 4.25. The smallest absolute Gasteiger partial charge is 0.251 e. The lowest BCUT2D eigenvalue weighted by Crippen LogP contribution is -2.24. The Hall–Kier alpha value is -2.01. The first-order valence-corrected chi connectivity index (χ1v) is 10.7. The number of aromatic nitrogens is 1. The summed E-state index contributed by atoms with van der Waals surface area (Å²) in [4.78, 5) is 28.0. The standard InChI is InChI=1S/C21H24N2O2S/c1-26-11-10-19(24)22-18-9-5-4-7-14-16(18)12-17-13-6-2-3-8-15(13)21(25)23-20(14)17/h4-5,9H,2-3,6-8,10-12H2,1H3,(H,22,24)(H,23,25). The molecule has 1 amide bonds. The van der Waals surface area contributed by atoms with Gasteiger partial charge in [0.05, 0.1) is 0 Å². The molecule has 0 fully saturated rings. The number of allylic oxidation sites excluding steroid dienone is 5. The van der Waals surface area contributed by atoms with Crippen molar-refractivity contribution in [2.45, 2.75) is 44.9 Å². The lowest BCUT2D eigenvalue weighted by Gasteiger charge is -2.19. The number of fused-ring (bicyclic) bond motifs is 4. The number of carbonyl (C=O) groups excluding carboxylic acids is 1. The maximum Gasteiger partial charge on any atom is 0.251 e. The topological polar surface area (TPSA) is 62.0 Å². The second kappa shape index (κ2) is 7.31. The maximum absolute atomic E-state index is 12.6. The monoisotopic (exact) mass is 368 g/mol. The fraction of sp³-hybridized carbons (Fsp3) is 0.429. The number of hydrogen-bond donors (Lipinski definition) is 2. The first-order chi connectivity index (χ1) is 12.7. The first kappa shape index (κ1) is 17.4. The summed E-state index contributed by atoms with van der Waals surface area (Å²) in [6.07, 6.45) is 14.4. The van der Waals surface area contributed by atoms with Gasteiger partial charge in [-0.25, -0.2) is 0 Å². The molecule has 0 aromatic carbocycles. The van der Waals surface area contributed by atoms with Gasteiger partial charge in [-0.1, -0.05) is 12.2 Å². The molecule has 2 N–H and O–H groups in total. The summed E-state index contributed by atoms with van der Waals surface area (Å²) < 4.78 is 0. The number of carbonyl (C=O) groups is 1. The summed E-state index contributed by atoms with van der Waals surface area (Å²) in [6.45, 7) is 0. The molecule has 26 heavy (non-hydrogen) atoms. The Kier molecular flexibility index (Phi) is 4.90. The molecule has 1 aromatic rings. The zero-order chi connectivity index (χ0) is 18.1. The molecule has 0 spiro atoms. The van der Waals surface area contributed by atoms with Gasteiger partial charge in [0.25, 0.3) is 5.56 Å². The van der Waals surface area contributed by atoms with Crippen molar-refractivity contribution in [3.63, 3.8) is 0 Å². The van der Waals surface area contributed by atoms with Crippen LogP contribution >= 0.6 is 11.8 Å². The van der Waals surface area contributed by atoms with Crippen molar-refractivity contribution in [2.75, 3.05) is 12.0 Å². The van der Waals surface area contributed by atoms with Crippen LogP contribution in [0.15, 0.2) is 34.3 Å². The predicted molar refractivity (Wildman–Crippen MR) is 107 cm³/mol. The number of aromatic amines is 1. The summed E-state index contributed by atoms with van der Waals surface area (Å²) in [5.74, 6) is 0.876. The largest absolute Gasteiger partial charge is 0.326 e. The zero-order valence-corrected chi connectivity index (χ0v) is 15.9. The molecule has 0 aliphatic heterocycles. The minimum absolute atomic E-state index is 0.0548. The van der Waals surface area contributed by atoms with E-state index >= 15 is 0 Å². The Labute approximate surface area is 157 Å². The van der Waals surface area contributed by atoms with Crippen molar-refractivity contribution in [2.24, 2.45) is 0 Å². The van der Waals surface area contributed by atoms with Crippen molar-refractivity contribution in [1.82, 2.24) is 10.3 Å². The minimum atomic E-state index is 0.0548. The zero-order valence-electron chi connectivity index (χ0n) is 15.1. The second-order valence-electron chi connectivity index (χ2n) is 7.11. The van der Waals surface area contributed by atoms with Crippen LogP contribution in [0.25, 0.3) is 5.57 Å². The van der Waals surface area contributed by atoms with Crippen molar-refractivity contribution in [3.05, 3.63) is 62.2 Å². The molecule has 3 aliphatic rings. The average molecular weight is 369 g/mol. The predicted octanol–water partition coefficient (Wildman–Crippen LogP) is 3.28. The van der Waals surface area contributed by atoms with Gasteiger partial charge in [0.2, 0.25) is 5.91 Å². The van der Waals surface area contributed by atoms with E-state index in [1.807, 2.05) is 18.4 Å². The number of H-pyrrole nitrogens is 1. The van der Waals surface area contributed by atoms with E-state index in [1.165, 1.54) is 11.1 Å². The van der Waals surface area contributed by atoms with Crippen molar-refractivity contribution in [3.8, 4) is 0 Å². The van der Waals surface area contributed by atoms with Crippen molar-refractivity contribution >= 4 is 23.2 Å². The van der Waals surface area contributed by atoms with Gasteiger partial charge < -0.3 is 10.3 Å². The average Bonchev–Trinajstić information content (AvgIpc) is 2.89. The summed E-state index contributed by atoms with van der Waals surface area (Å²) in [7, 11) is 0. The SMILES string of the molecule is CSCCC(=O)NC1=CC=CCC2=C1Cc1c2[nH]c(=O)c2c1CCCC2. The molecule has 5 heteroatoms. The number of hydrogen-bond acceptors (Lipinski definition) is 3. The molecule has 0 atom stereocenters. The van der Waals surface area contributed by atoms with Gasteiger partial charge in [0.1, 0.15) is 0 Å². The Balaban J connectivity index is 1.70.